The van der Waals surface area contributed by atoms with Crippen molar-refractivity contribution >= 4 is 11.6 Å². The van der Waals surface area contributed by atoms with E-state index in [1.165, 1.54) is 0 Å². The Morgan fingerprint density at radius 3 is 2.55 bits per heavy atom. The molecule has 0 fully saturated rings. The van der Waals surface area contributed by atoms with Gasteiger partial charge < -0.3 is 9.64 Å². The van der Waals surface area contributed by atoms with E-state index in [1.807, 2.05) is 18.2 Å². The second kappa shape index (κ2) is 7.14. The third-order valence-corrected chi connectivity index (χ3v) is 3.29. The van der Waals surface area contributed by atoms with E-state index in [2.05, 4.69) is 30.2 Å². The predicted molar refractivity (Wildman–Crippen MR) is 81.6 cm³/mol. The van der Waals surface area contributed by atoms with Gasteiger partial charge in [0.15, 0.2) is 0 Å². The first kappa shape index (κ1) is 16.3. The lowest BCUT2D eigenvalue weighted by Gasteiger charge is -2.24. The summed E-state index contributed by atoms with van der Waals surface area (Å²) in [7, 11) is 0. The maximum absolute atomic E-state index is 11.6. The van der Waals surface area contributed by atoms with E-state index in [-0.39, 0.29) is 12.5 Å². The zero-order chi connectivity index (χ0) is 15.2. The molecule has 0 bridgehead atoms. The van der Waals surface area contributed by atoms with Gasteiger partial charge >= 0.3 is 0 Å². The number of benzene rings is 1. The Labute approximate surface area is 121 Å². The van der Waals surface area contributed by atoms with Crippen LogP contribution in [0.25, 0.3) is 0 Å². The molecule has 0 spiro atoms. The number of nitrogens with one attached hydrogen (secondary N) is 1. The molecule has 0 unspecified atom stereocenters. The first-order valence-electron chi connectivity index (χ1n) is 6.93. The van der Waals surface area contributed by atoms with Crippen LogP contribution in [0.2, 0.25) is 0 Å². The highest BCUT2D eigenvalue weighted by Crippen LogP contribution is 2.23. The second-order valence-corrected chi connectivity index (χ2v) is 5.32. The van der Waals surface area contributed by atoms with Crippen LogP contribution in [0.4, 0.5) is 5.69 Å². The van der Waals surface area contributed by atoms with Gasteiger partial charge in [-0.05, 0) is 39.8 Å². The number of hydrogen-bond acceptors (Lipinski definition) is 4. The first-order valence-corrected chi connectivity index (χ1v) is 6.93. The van der Waals surface area contributed by atoms with E-state index < -0.39 is 5.41 Å². The molecule has 0 aromatic heterocycles. The molecule has 0 aliphatic rings. The number of rotatable bonds is 7. The molecule has 112 valence electrons. The average molecular weight is 279 g/mol. The van der Waals surface area contributed by atoms with Gasteiger partial charge in [0.2, 0.25) is 5.91 Å². The molecule has 0 saturated heterocycles. The van der Waals surface area contributed by atoms with E-state index in [9.17, 15) is 4.79 Å². The fraction of sp³-hybridized carbons (Fsp3) is 0.533. The molecule has 0 saturated carbocycles. The fourth-order valence-electron chi connectivity index (χ4n) is 1.88. The van der Waals surface area contributed by atoms with Crippen molar-refractivity contribution in [3.63, 3.8) is 0 Å². The van der Waals surface area contributed by atoms with Crippen molar-refractivity contribution < 1.29 is 9.53 Å². The Morgan fingerprint density at radius 2 is 2.00 bits per heavy atom. The monoisotopic (exact) mass is 279 g/mol. The molecule has 0 radical (unpaired) electrons. The minimum absolute atomic E-state index is 0.239. The highest BCUT2D eigenvalue weighted by molar-refractivity contribution is 5.81. The molecule has 0 aliphatic carbocycles. The molecule has 5 heteroatoms. The van der Waals surface area contributed by atoms with Crippen molar-refractivity contribution in [3.8, 4) is 5.75 Å². The fourth-order valence-corrected chi connectivity index (χ4v) is 1.88. The van der Waals surface area contributed by atoms with Crippen molar-refractivity contribution in [3.05, 3.63) is 24.3 Å². The van der Waals surface area contributed by atoms with E-state index in [0.717, 1.165) is 24.5 Å². The van der Waals surface area contributed by atoms with Gasteiger partial charge in [-0.3, -0.25) is 10.2 Å². The van der Waals surface area contributed by atoms with Crippen LogP contribution in [-0.4, -0.2) is 25.6 Å². The minimum Gasteiger partial charge on any atom is -0.492 e. The van der Waals surface area contributed by atoms with Gasteiger partial charge in [-0.25, -0.2) is 5.84 Å². The minimum atomic E-state index is -0.667. The van der Waals surface area contributed by atoms with E-state index in [1.54, 1.807) is 13.8 Å². The molecule has 5 nitrogen and oxygen atoms in total. The van der Waals surface area contributed by atoms with Gasteiger partial charge in [0.05, 0.1) is 5.41 Å². The lowest BCUT2D eigenvalue weighted by atomic mass is 9.94. The smallest absolute Gasteiger partial charge is 0.242 e. The number of carbonyl (C=O) groups is 1. The summed E-state index contributed by atoms with van der Waals surface area (Å²) in [6, 6.07) is 7.89. The van der Waals surface area contributed by atoms with Gasteiger partial charge in [0, 0.05) is 24.8 Å². The molecule has 1 aromatic rings. The van der Waals surface area contributed by atoms with Crippen molar-refractivity contribution in [2.45, 2.75) is 27.7 Å². The molecular formula is C15H25N3O2. The summed E-state index contributed by atoms with van der Waals surface area (Å²) in [5, 5.41) is 0. The van der Waals surface area contributed by atoms with Gasteiger partial charge in [0.1, 0.15) is 12.4 Å². The molecule has 3 N–H and O–H groups in total. The number of hydrazine groups is 1. The molecule has 0 aliphatic heterocycles. The number of nitrogens with zero attached hydrogens (tertiary/aromatic N) is 1. The van der Waals surface area contributed by atoms with E-state index in [0.29, 0.717) is 0 Å². The number of amides is 1. The van der Waals surface area contributed by atoms with Crippen molar-refractivity contribution in [1.29, 1.82) is 0 Å². The van der Waals surface area contributed by atoms with Crippen LogP contribution >= 0.6 is 0 Å². The van der Waals surface area contributed by atoms with Crippen LogP contribution < -0.4 is 20.9 Å². The van der Waals surface area contributed by atoms with Gasteiger partial charge in [-0.15, -0.1) is 0 Å². The number of nitrogens with two attached hydrogens (primary N) is 1. The summed E-state index contributed by atoms with van der Waals surface area (Å²) >= 11 is 0. The molecule has 20 heavy (non-hydrogen) atoms. The zero-order valence-corrected chi connectivity index (χ0v) is 12.8. The van der Waals surface area contributed by atoms with E-state index >= 15 is 0 Å². The van der Waals surface area contributed by atoms with Crippen molar-refractivity contribution in [2.24, 2.45) is 11.3 Å². The van der Waals surface area contributed by atoms with Crippen LogP contribution in [0, 0.1) is 5.41 Å². The highest BCUT2D eigenvalue weighted by atomic mass is 16.5. The molecule has 0 atom stereocenters. The standard InChI is InChI=1S/C15H25N3O2/c1-5-18(6-2)12-8-7-9-13(10-12)20-11-15(3,4)14(19)17-16/h7-10H,5-6,11,16H2,1-4H3,(H,17,19). The largest absolute Gasteiger partial charge is 0.492 e. The molecule has 1 amide bonds. The summed E-state index contributed by atoms with van der Waals surface area (Å²) in [5.41, 5.74) is 2.61. The molecule has 1 aromatic carbocycles. The average Bonchev–Trinajstić information content (AvgIpc) is 2.46. The summed E-state index contributed by atoms with van der Waals surface area (Å²) in [6.45, 7) is 9.99. The second-order valence-electron chi connectivity index (χ2n) is 5.32. The maximum atomic E-state index is 11.6. The third kappa shape index (κ3) is 4.13. The number of ether oxygens (including phenoxy) is 1. The Hall–Kier alpha value is -1.75. The van der Waals surface area contributed by atoms with Crippen LogP contribution in [0.1, 0.15) is 27.7 Å². The Kier molecular flexibility index (Phi) is 5.82. The number of carbonyl (C=O) groups excluding carboxylic acids is 1. The lowest BCUT2D eigenvalue weighted by molar-refractivity contribution is -0.130. The van der Waals surface area contributed by atoms with Gasteiger partial charge in [0.25, 0.3) is 0 Å². The van der Waals surface area contributed by atoms with Crippen LogP contribution in [-0.2, 0) is 4.79 Å². The van der Waals surface area contributed by atoms with E-state index in [4.69, 9.17) is 10.6 Å². The topological polar surface area (TPSA) is 67.6 Å². The highest BCUT2D eigenvalue weighted by Gasteiger charge is 2.28. The van der Waals surface area contributed by atoms with Gasteiger partial charge in [-0.2, -0.15) is 0 Å². The van der Waals surface area contributed by atoms with Crippen LogP contribution in [0.5, 0.6) is 5.75 Å². The number of anilines is 1. The normalized spacial score (nSPS) is 11.1. The maximum Gasteiger partial charge on any atom is 0.242 e. The summed E-state index contributed by atoms with van der Waals surface area (Å²) in [4.78, 5) is 13.8. The summed E-state index contributed by atoms with van der Waals surface area (Å²) in [5.74, 6) is 5.68. The van der Waals surface area contributed by atoms with Crippen LogP contribution in [0.15, 0.2) is 24.3 Å². The summed E-state index contributed by atoms with van der Waals surface area (Å²) in [6.07, 6.45) is 0. The third-order valence-electron chi connectivity index (χ3n) is 3.29. The summed E-state index contributed by atoms with van der Waals surface area (Å²) < 4.78 is 5.73. The Bertz CT molecular complexity index is 442. The molecular weight excluding hydrogens is 254 g/mol. The SMILES string of the molecule is CCN(CC)c1cccc(OCC(C)(C)C(=O)NN)c1. The van der Waals surface area contributed by atoms with Crippen molar-refractivity contribution in [1.82, 2.24) is 5.43 Å². The zero-order valence-electron chi connectivity index (χ0n) is 12.8. The quantitative estimate of drug-likeness (QED) is 0.454. The van der Waals surface area contributed by atoms with Crippen LogP contribution in [0.3, 0.4) is 0 Å². The van der Waals surface area contributed by atoms with Gasteiger partial charge in [-0.1, -0.05) is 6.07 Å². The molecule has 0 heterocycles. The predicted octanol–water partition coefficient (Wildman–Crippen LogP) is 1.93. The lowest BCUT2D eigenvalue weighted by Crippen LogP contribution is -2.44. The number of hydrogen-bond donors (Lipinski definition) is 2. The Balaban J connectivity index is 2.74. The Morgan fingerprint density at radius 1 is 1.35 bits per heavy atom. The molecule has 1 rings (SSSR count). The van der Waals surface area contributed by atoms with Crippen molar-refractivity contribution in [2.75, 3.05) is 24.6 Å². The first-order chi connectivity index (χ1) is 9.44.